The molecule has 0 radical (unpaired) electrons. The Hall–Kier alpha value is -2.40. The smallest absolute Gasteiger partial charge is 0.252 e. The van der Waals surface area contributed by atoms with Crippen molar-refractivity contribution in [3.63, 3.8) is 0 Å². The molecule has 0 fully saturated rings. The van der Waals surface area contributed by atoms with Gasteiger partial charge in [-0.3, -0.25) is 4.79 Å². The van der Waals surface area contributed by atoms with Gasteiger partial charge in [0.25, 0.3) is 5.91 Å². The molecule has 0 saturated carbocycles. The number of amides is 1. The number of nitrogens with zero attached hydrogens (tertiary/aromatic N) is 3. The zero-order valence-electron chi connectivity index (χ0n) is 13.2. The Bertz CT molecular complexity index is 684. The number of rotatable bonds is 4. The molecule has 5 heteroatoms. The number of hydrogen-bond donors (Lipinski definition) is 0. The highest BCUT2D eigenvalue weighted by molar-refractivity contribution is 8.13. The second-order valence-electron chi connectivity index (χ2n) is 4.83. The third kappa shape index (κ3) is 5.71. The van der Waals surface area contributed by atoms with Crippen LogP contribution in [0, 0.1) is 0 Å². The molecule has 2 rings (SSSR count). The van der Waals surface area contributed by atoms with Crippen LogP contribution in [0.25, 0.3) is 0 Å². The zero-order chi connectivity index (χ0) is 16.5. The van der Waals surface area contributed by atoms with Gasteiger partial charge in [0.1, 0.15) is 0 Å². The summed E-state index contributed by atoms with van der Waals surface area (Å²) in [5, 5.41) is 6.51. The molecule has 0 saturated heterocycles. The number of hydrogen-bond acceptors (Lipinski definition) is 3. The van der Waals surface area contributed by atoms with Gasteiger partial charge in [0, 0.05) is 7.05 Å². The fourth-order valence-corrected chi connectivity index (χ4v) is 2.41. The largest absolute Gasteiger partial charge is 0.272 e. The lowest BCUT2D eigenvalue weighted by Crippen LogP contribution is -2.20. The topological polar surface area (TPSA) is 45.0 Å². The van der Waals surface area contributed by atoms with Gasteiger partial charge in [-0.05, 0) is 17.4 Å². The Balaban J connectivity index is 2.02. The number of amidine groups is 1. The fraction of sp³-hybridized carbons (Fsp3) is 0.167. The molecular weight excluding hydrogens is 306 g/mol. The molecule has 23 heavy (non-hydrogen) atoms. The van der Waals surface area contributed by atoms with E-state index in [2.05, 4.69) is 10.1 Å². The van der Waals surface area contributed by atoms with Gasteiger partial charge in [-0.1, -0.05) is 72.4 Å². The molecule has 0 aliphatic heterocycles. The summed E-state index contributed by atoms with van der Waals surface area (Å²) in [4.78, 5) is 16.2. The van der Waals surface area contributed by atoms with Crippen molar-refractivity contribution >= 4 is 29.1 Å². The minimum absolute atomic E-state index is 0.178. The van der Waals surface area contributed by atoms with Crippen molar-refractivity contribution in [3.05, 3.63) is 71.8 Å². The summed E-state index contributed by atoms with van der Waals surface area (Å²) in [6.07, 6.45) is 3.91. The lowest BCUT2D eigenvalue weighted by Gasteiger charge is -2.13. The van der Waals surface area contributed by atoms with Crippen LogP contribution in [-0.2, 0) is 11.2 Å². The van der Waals surface area contributed by atoms with Crippen LogP contribution in [0.1, 0.15) is 11.1 Å². The third-order valence-corrected chi connectivity index (χ3v) is 3.78. The van der Waals surface area contributed by atoms with Crippen LogP contribution in [0.3, 0.4) is 0 Å². The van der Waals surface area contributed by atoms with Gasteiger partial charge in [-0.2, -0.15) is 10.1 Å². The lowest BCUT2D eigenvalue weighted by molar-refractivity contribution is -0.117. The normalized spacial score (nSPS) is 11.7. The van der Waals surface area contributed by atoms with Gasteiger partial charge in [-0.15, -0.1) is 0 Å². The van der Waals surface area contributed by atoms with Gasteiger partial charge in [0.15, 0.2) is 5.17 Å². The molecule has 2 aromatic carbocycles. The highest BCUT2D eigenvalue weighted by atomic mass is 32.2. The molecule has 0 atom stereocenters. The van der Waals surface area contributed by atoms with E-state index in [1.54, 1.807) is 18.3 Å². The predicted octanol–water partition coefficient (Wildman–Crippen LogP) is 3.44. The molecule has 0 unspecified atom stereocenters. The maximum atomic E-state index is 12.1. The summed E-state index contributed by atoms with van der Waals surface area (Å²) < 4.78 is 0. The number of carbonyl (C=O) groups excluding carboxylic acids is 1. The molecule has 0 aliphatic carbocycles. The monoisotopic (exact) mass is 325 g/mol. The van der Waals surface area contributed by atoms with Crippen LogP contribution in [0.15, 0.2) is 70.8 Å². The van der Waals surface area contributed by atoms with Crippen molar-refractivity contribution in [2.24, 2.45) is 10.1 Å². The number of hydrazone groups is 1. The fourth-order valence-electron chi connectivity index (χ4n) is 1.91. The Morgan fingerprint density at radius 3 is 2.30 bits per heavy atom. The minimum Gasteiger partial charge on any atom is -0.272 e. The van der Waals surface area contributed by atoms with Crippen LogP contribution >= 0.6 is 11.8 Å². The molecule has 4 nitrogen and oxygen atoms in total. The van der Waals surface area contributed by atoms with Crippen LogP contribution in [0.2, 0.25) is 0 Å². The average molecular weight is 325 g/mol. The van der Waals surface area contributed by atoms with Crippen molar-refractivity contribution in [1.29, 1.82) is 0 Å². The highest BCUT2D eigenvalue weighted by Crippen LogP contribution is 2.07. The molecule has 0 aliphatic rings. The van der Waals surface area contributed by atoms with Crippen molar-refractivity contribution < 1.29 is 4.79 Å². The van der Waals surface area contributed by atoms with E-state index in [1.807, 2.05) is 66.9 Å². The number of carbonyl (C=O) groups is 1. The molecule has 2 aromatic rings. The van der Waals surface area contributed by atoms with Crippen LogP contribution < -0.4 is 0 Å². The van der Waals surface area contributed by atoms with Gasteiger partial charge >= 0.3 is 0 Å². The SMILES string of the molecule is CSC(=NC(=O)Cc1ccccc1)N(C)N=Cc1ccccc1. The summed E-state index contributed by atoms with van der Waals surface area (Å²) in [5.74, 6) is -0.178. The number of aliphatic imine (C=N–C) groups is 1. The van der Waals surface area contributed by atoms with Crippen LogP contribution in [-0.4, -0.2) is 35.6 Å². The molecule has 1 amide bonds. The molecule has 0 heterocycles. The second-order valence-corrected chi connectivity index (χ2v) is 5.61. The maximum absolute atomic E-state index is 12.1. The molecule has 118 valence electrons. The first kappa shape index (κ1) is 17.0. The second kappa shape index (κ2) is 8.90. The molecule has 0 aromatic heterocycles. The summed E-state index contributed by atoms with van der Waals surface area (Å²) in [5.41, 5.74) is 1.95. The quantitative estimate of drug-likeness (QED) is 0.491. The molecule has 0 bridgehead atoms. The molecule has 0 N–H and O–H groups in total. The van der Waals surface area contributed by atoms with Gasteiger partial charge < -0.3 is 0 Å². The zero-order valence-corrected chi connectivity index (χ0v) is 14.0. The first-order valence-corrected chi connectivity index (χ1v) is 8.43. The summed E-state index contributed by atoms with van der Waals surface area (Å²) in [7, 11) is 1.78. The number of thioether (sulfide) groups is 1. The Labute approximate surface area is 140 Å². The summed E-state index contributed by atoms with van der Waals surface area (Å²) >= 11 is 1.39. The van der Waals surface area contributed by atoms with E-state index in [0.29, 0.717) is 11.6 Å². The van der Waals surface area contributed by atoms with Gasteiger partial charge in [0.05, 0.1) is 12.6 Å². The lowest BCUT2D eigenvalue weighted by atomic mass is 10.1. The number of benzene rings is 2. The molecule has 0 spiro atoms. The van der Waals surface area contributed by atoms with Gasteiger partial charge in [0.2, 0.25) is 0 Å². The standard InChI is InChI=1S/C18H19N3OS/c1-21(19-14-16-11-7-4-8-12-16)18(23-2)20-17(22)13-15-9-5-3-6-10-15/h3-12,14H,13H2,1-2H3. The highest BCUT2D eigenvalue weighted by Gasteiger charge is 2.08. The minimum atomic E-state index is -0.178. The van der Waals surface area contributed by atoms with E-state index in [-0.39, 0.29) is 5.91 Å². The first-order valence-electron chi connectivity index (χ1n) is 7.21. The van der Waals surface area contributed by atoms with E-state index in [9.17, 15) is 4.79 Å². The average Bonchev–Trinajstić information content (AvgIpc) is 2.59. The van der Waals surface area contributed by atoms with E-state index >= 15 is 0 Å². The third-order valence-electron chi connectivity index (χ3n) is 3.06. The van der Waals surface area contributed by atoms with E-state index in [0.717, 1.165) is 11.1 Å². The van der Waals surface area contributed by atoms with Crippen molar-refractivity contribution in [1.82, 2.24) is 5.01 Å². The molecular formula is C18H19N3OS. The van der Waals surface area contributed by atoms with E-state index in [4.69, 9.17) is 0 Å². The van der Waals surface area contributed by atoms with Crippen molar-refractivity contribution in [3.8, 4) is 0 Å². The van der Waals surface area contributed by atoms with Crippen molar-refractivity contribution in [2.45, 2.75) is 6.42 Å². The van der Waals surface area contributed by atoms with Crippen LogP contribution in [0.4, 0.5) is 0 Å². The Morgan fingerprint density at radius 2 is 1.70 bits per heavy atom. The Morgan fingerprint density at radius 1 is 1.09 bits per heavy atom. The predicted molar refractivity (Wildman–Crippen MR) is 97.9 cm³/mol. The summed E-state index contributed by atoms with van der Waals surface area (Å²) in [6.45, 7) is 0. The first-order chi connectivity index (χ1) is 11.2. The Kier molecular flexibility index (Phi) is 6.56. The van der Waals surface area contributed by atoms with Crippen LogP contribution in [0.5, 0.6) is 0 Å². The van der Waals surface area contributed by atoms with Crippen molar-refractivity contribution in [2.75, 3.05) is 13.3 Å². The van der Waals surface area contributed by atoms with E-state index in [1.165, 1.54) is 11.8 Å². The van der Waals surface area contributed by atoms with E-state index < -0.39 is 0 Å². The summed E-state index contributed by atoms with van der Waals surface area (Å²) in [6, 6.07) is 19.4. The van der Waals surface area contributed by atoms with Gasteiger partial charge in [-0.25, -0.2) is 5.01 Å². The maximum Gasteiger partial charge on any atom is 0.252 e.